The minimum atomic E-state index is -0.163. The van der Waals surface area contributed by atoms with Crippen LogP contribution in [0.25, 0.3) is 0 Å². The number of hydrogen-bond acceptors (Lipinski definition) is 2. The predicted molar refractivity (Wildman–Crippen MR) is 69.8 cm³/mol. The average molecular weight is 299 g/mol. The first-order chi connectivity index (χ1) is 8.04. The Morgan fingerprint density at radius 2 is 1.88 bits per heavy atom. The van der Waals surface area contributed by atoms with E-state index < -0.39 is 0 Å². The van der Waals surface area contributed by atoms with Gasteiger partial charge >= 0.3 is 0 Å². The van der Waals surface area contributed by atoms with Crippen molar-refractivity contribution in [3.63, 3.8) is 0 Å². The van der Waals surface area contributed by atoms with Gasteiger partial charge in [0.25, 0.3) is 5.91 Å². The van der Waals surface area contributed by atoms with E-state index in [4.69, 9.17) is 0 Å². The molecule has 1 aromatic carbocycles. The highest BCUT2D eigenvalue weighted by Crippen LogP contribution is 2.11. The second kappa shape index (κ2) is 6.39. The summed E-state index contributed by atoms with van der Waals surface area (Å²) in [5, 5.41) is 2.65. The van der Waals surface area contributed by atoms with Crippen molar-refractivity contribution >= 4 is 27.7 Å². The van der Waals surface area contributed by atoms with Gasteiger partial charge in [-0.05, 0) is 31.2 Å². The Bertz CT molecular complexity index is 403. The van der Waals surface area contributed by atoms with Gasteiger partial charge in [-0.1, -0.05) is 15.9 Å². The van der Waals surface area contributed by atoms with Crippen molar-refractivity contribution < 1.29 is 9.59 Å². The van der Waals surface area contributed by atoms with Crippen LogP contribution >= 0.6 is 15.9 Å². The molecule has 5 heteroatoms. The smallest absolute Gasteiger partial charge is 0.254 e. The van der Waals surface area contributed by atoms with Gasteiger partial charge in [0, 0.05) is 23.6 Å². The lowest BCUT2D eigenvalue weighted by Gasteiger charge is -2.16. The number of likely N-dealkylation sites (N-methyl/N-ethyl adjacent to an activating group) is 2. The first-order valence-corrected chi connectivity index (χ1v) is 6.11. The zero-order chi connectivity index (χ0) is 12.8. The summed E-state index contributed by atoms with van der Waals surface area (Å²) >= 11 is 3.30. The van der Waals surface area contributed by atoms with Crippen molar-refractivity contribution in [3.05, 3.63) is 34.3 Å². The second-order valence-corrected chi connectivity index (χ2v) is 4.54. The topological polar surface area (TPSA) is 49.4 Å². The number of carbonyl (C=O) groups is 2. The van der Waals surface area contributed by atoms with Crippen molar-refractivity contribution in [1.29, 1.82) is 0 Å². The van der Waals surface area contributed by atoms with Crippen LogP contribution in [0.5, 0.6) is 0 Å². The molecule has 0 saturated carbocycles. The molecule has 1 rings (SSSR count). The third-order valence-electron chi connectivity index (χ3n) is 2.19. The third kappa shape index (κ3) is 4.19. The van der Waals surface area contributed by atoms with Gasteiger partial charge < -0.3 is 10.2 Å². The molecule has 0 atom stereocenters. The number of carbonyl (C=O) groups excluding carboxylic acids is 2. The van der Waals surface area contributed by atoms with Gasteiger partial charge in [-0.3, -0.25) is 9.59 Å². The lowest BCUT2D eigenvalue weighted by atomic mass is 10.2. The average Bonchev–Trinajstić information content (AvgIpc) is 2.29. The van der Waals surface area contributed by atoms with E-state index in [0.29, 0.717) is 12.1 Å². The van der Waals surface area contributed by atoms with Crippen LogP contribution in [0, 0.1) is 0 Å². The SMILES string of the molecule is CCNC(=O)CN(C)C(=O)c1ccc(Br)cc1. The molecule has 0 aliphatic carbocycles. The Morgan fingerprint density at radius 1 is 1.29 bits per heavy atom. The number of benzene rings is 1. The molecule has 0 aliphatic heterocycles. The van der Waals surface area contributed by atoms with Crippen LogP contribution in [0.3, 0.4) is 0 Å². The first kappa shape index (κ1) is 13.7. The van der Waals surface area contributed by atoms with E-state index in [9.17, 15) is 9.59 Å². The molecular formula is C12H15BrN2O2. The van der Waals surface area contributed by atoms with E-state index in [0.717, 1.165) is 4.47 Å². The van der Waals surface area contributed by atoms with E-state index in [1.165, 1.54) is 4.90 Å². The van der Waals surface area contributed by atoms with Crippen LogP contribution in [-0.4, -0.2) is 36.9 Å². The Morgan fingerprint density at radius 3 is 2.41 bits per heavy atom. The minimum absolute atomic E-state index is 0.0722. The van der Waals surface area contributed by atoms with Crippen molar-refractivity contribution in [3.8, 4) is 0 Å². The van der Waals surface area contributed by atoms with Crippen molar-refractivity contribution in [2.75, 3.05) is 20.1 Å². The molecule has 0 aliphatic rings. The van der Waals surface area contributed by atoms with Gasteiger partial charge in [0.05, 0.1) is 6.54 Å². The highest BCUT2D eigenvalue weighted by Gasteiger charge is 2.14. The van der Waals surface area contributed by atoms with E-state index >= 15 is 0 Å². The molecule has 2 amide bonds. The molecule has 0 aromatic heterocycles. The van der Waals surface area contributed by atoms with Gasteiger partial charge in [0.2, 0.25) is 5.91 Å². The quantitative estimate of drug-likeness (QED) is 0.919. The molecule has 17 heavy (non-hydrogen) atoms. The number of hydrogen-bond donors (Lipinski definition) is 1. The number of nitrogens with zero attached hydrogens (tertiary/aromatic N) is 1. The maximum absolute atomic E-state index is 11.9. The molecular weight excluding hydrogens is 284 g/mol. The lowest BCUT2D eigenvalue weighted by molar-refractivity contribution is -0.121. The Hall–Kier alpha value is -1.36. The van der Waals surface area contributed by atoms with Crippen molar-refractivity contribution in [2.45, 2.75) is 6.92 Å². The van der Waals surface area contributed by atoms with Gasteiger partial charge in [-0.25, -0.2) is 0 Å². The van der Waals surface area contributed by atoms with Crippen LogP contribution < -0.4 is 5.32 Å². The summed E-state index contributed by atoms with van der Waals surface area (Å²) in [5.74, 6) is -0.316. The molecule has 1 N–H and O–H groups in total. The summed E-state index contributed by atoms with van der Waals surface area (Å²) in [7, 11) is 1.61. The maximum atomic E-state index is 11.9. The Labute approximate surface area is 109 Å². The molecule has 92 valence electrons. The second-order valence-electron chi connectivity index (χ2n) is 3.62. The van der Waals surface area contributed by atoms with Crippen molar-refractivity contribution in [2.24, 2.45) is 0 Å². The fraction of sp³-hybridized carbons (Fsp3) is 0.333. The third-order valence-corrected chi connectivity index (χ3v) is 2.72. The van der Waals surface area contributed by atoms with E-state index in [1.54, 1.807) is 31.3 Å². The molecule has 0 saturated heterocycles. The van der Waals surface area contributed by atoms with Crippen LogP contribution in [0.1, 0.15) is 17.3 Å². The van der Waals surface area contributed by atoms with Gasteiger partial charge in [-0.2, -0.15) is 0 Å². The zero-order valence-corrected chi connectivity index (χ0v) is 11.5. The summed E-state index contributed by atoms with van der Waals surface area (Å²) in [4.78, 5) is 24.7. The monoisotopic (exact) mass is 298 g/mol. The minimum Gasteiger partial charge on any atom is -0.355 e. The van der Waals surface area contributed by atoms with E-state index in [1.807, 2.05) is 6.92 Å². The summed E-state index contributed by atoms with van der Waals surface area (Å²) < 4.78 is 0.917. The molecule has 0 unspecified atom stereocenters. The van der Waals surface area contributed by atoms with Gasteiger partial charge in [0.1, 0.15) is 0 Å². The Kier molecular flexibility index (Phi) is 5.15. The van der Waals surface area contributed by atoms with Crippen LogP contribution in [0.4, 0.5) is 0 Å². The number of halogens is 1. The molecule has 1 aromatic rings. The summed E-state index contributed by atoms with van der Waals surface area (Å²) in [6, 6.07) is 7.04. The standard InChI is InChI=1S/C12H15BrN2O2/c1-3-14-11(16)8-15(2)12(17)9-4-6-10(13)7-5-9/h4-7H,3,8H2,1-2H3,(H,14,16). The summed E-state index contributed by atoms with van der Waals surface area (Å²) in [5.41, 5.74) is 0.569. The normalized spacial score (nSPS) is 9.82. The molecule has 0 spiro atoms. The fourth-order valence-corrected chi connectivity index (χ4v) is 1.62. The fourth-order valence-electron chi connectivity index (χ4n) is 1.35. The number of amides is 2. The molecule has 4 nitrogen and oxygen atoms in total. The lowest BCUT2D eigenvalue weighted by Crippen LogP contribution is -2.38. The van der Waals surface area contributed by atoms with Crippen LogP contribution in [0.15, 0.2) is 28.7 Å². The number of rotatable bonds is 4. The largest absolute Gasteiger partial charge is 0.355 e. The molecule has 0 heterocycles. The zero-order valence-electron chi connectivity index (χ0n) is 9.87. The van der Waals surface area contributed by atoms with Crippen LogP contribution in [0.2, 0.25) is 0 Å². The van der Waals surface area contributed by atoms with Gasteiger partial charge in [0.15, 0.2) is 0 Å². The summed E-state index contributed by atoms with van der Waals surface area (Å²) in [6.45, 7) is 2.48. The molecule has 0 radical (unpaired) electrons. The number of nitrogens with one attached hydrogen (secondary N) is 1. The van der Waals surface area contributed by atoms with E-state index in [-0.39, 0.29) is 18.4 Å². The molecule has 0 bridgehead atoms. The van der Waals surface area contributed by atoms with E-state index in [2.05, 4.69) is 21.2 Å². The van der Waals surface area contributed by atoms with Gasteiger partial charge in [-0.15, -0.1) is 0 Å². The first-order valence-electron chi connectivity index (χ1n) is 5.32. The Balaban J connectivity index is 2.63. The predicted octanol–water partition coefficient (Wildman–Crippen LogP) is 1.66. The highest BCUT2D eigenvalue weighted by molar-refractivity contribution is 9.10. The summed E-state index contributed by atoms with van der Waals surface area (Å²) in [6.07, 6.45) is 0. The maximum Gasteiger partial charge on any atom is 0.254 e. The van der Waals surface area contributed by atoms with Crippen LogP contribution in [-0.2, 0) is 4.79 Å². The van der Waals surface area contributed by atoms with Crippen molar-refractivity contribution in [1.82, 2.24) is 10.2 Å². The molecule has 0 fully saturated rings. The highest BCUT2D eigenvalue weighted by atomic mass is 79.9.